The third-order valence-corrected chi connectivity index (χ3v) is 4.92. The highest BCUT2D eigenvalue weighted by Crippen LogP contribution is 2.22. The van der Waals surface area contributed by atoms with E-state index in [1.54, 1.807) is 0 Å². The number of urea groups is 1. The zero-order valence-electron chi connectivity index (χ0n) is 14.0. The fraction of sp³-hybridized carbons (Fsp3) is 0.611. The summed E-state index contributed by atoms with van der Waals surface area (Å²) in [6, 6.07) is 10.8. The molecule has 23 heavy (non-hydrogen) atoms. The maximum Gasteiger partial charge on any atom is 0.315 e. The molecule has 0 aliphatic carbocycles. The molecule has 2 N–H and O–H groups in total. The number of nitrogens with zero attached hydrogens (tertiary/aromatic N) is 2. The van der Waals surface area contributed by atoms with Gasteiger partial charge in [-0.2, -0.15) is 0 Å². The first-order valence-electron chi connectivity index (χ1n) is 8.73. The number of carbonyl (C=O) groups is 1. The molecule has 0 spiro atoms. The standard InChI is InChI=1S/C18H28N4O/c1-21-10-5-6-16(14-21)20-18(23)19-12-15-9-11-22(13-15)17-7-3-2-4-8-17/h2-4,7-8,15-16H,5-6,9-14H2,1H3,(H2,19,20,23)/t15-,16+/m0/s1. The van der Waals surface area contributed by atoms with Gasteiger partial charge in [0.15, 0.2) is 0 Å². The van der Waals surface area contributed by atoms with E-state index in [2.05, 4.69) is 51.7 Å². The largest absolute Gasteiger partial charge is 0.371 e. The Kier molecular flexibility index (Phi) is 5.39. The van der Waals surface area contributed by atoms with Gasteiger partial charge in [-0.15, -0.1) is 0 Å². The average Bonchev–Trinajstić information content (AvgIpc) is 3.03. The van der Waals surface area contributed by atoms with Crippen LogP contribution in [0.25, 0.3) is 0 Å². The van der Waals surface area contributed by atoms with Crippen LogP contribution in [0.4, 0.5) is 10.5 Å². The molecule has 0 unspecified atom stereocenters. The summed E-state index contributed by atoms with van der Waals surface area (Å²) in [5.74, 6) is 0.537. The first-order chi connectivity index (χ1) is 11.2. The van der Waals surface area contributed by atoms with Crippen LogP contribution in [-0.2, 0) is 0 Å². The van der Waals surface area contributed by atoms with Crippen molar-refractivity contribution in [3.8, 4) is 0 Å². The predicted molar refractivity (Wildman–Crippen MR) is 93.8 cm³/mol. The lowest BCUT2D eigenvalue weighted by Gasteiger charge is -2.30. The highest BCUT2D eigenvalue weighted by molar-refractivity contribution is 5.74. The van der Waals surface area contributed by atoms with Crippen molar-refractivity contribution in [3.63, 3.8) is 0 Å². The van der Waals surface area contributed by atoms with Crippen LogP contribution in [0.5, 0.6) is 0 Å². The van der Waals surface area contributed by atoms with Gasteiger partial charge in [-0.05, 0) is 50.9 Å². The van der Waals surface area contributed by atoms with Crippen LogP contribution in [-0.4, -0.2) is 56.7 Å². The Hall–Kier alpha value is -1.75. The van der Waals surface area contributed by atoms with E-state index in [1.807, 2.05) is 6.07 Å². The number of likely N-dealkylation sites (tertiary alicyclic amines) is 1. The van der Waals surface area contributed by atoms with Crippen molar-refractivity contribution in [2.24, 2.45) is 5.92 Å². The second-order valence-corrected chi connectivity index (χ2v) is 6.89. The second-order valence-electron chi connectivity index (χ2n) is 6.89. The molecule has 2 heterocycles. The summed E-state index contributed by atoms with van der Waals surface area (Å²) >= 11 is 0. The monoisotopic (exact) mass is 316 g/mol. The van der Waals surface area contributed by atoms with E-state index in [9.17, 15) is 4.79 Å². The van der Waals surface area contributed by atoms with Gasteiger partial charge in [0.05, 0.1) is 0 Å². The van der Waals surface area contributed by atoms with Gasteiger partial charge >= 0.3 is 6.03 Å². The molecule has 0 radical (unpaired) electrons. The molecule has 0 bridgehead atoms. The molecule has 2 amide bonds. The van der Waals surface area contributed by atoms with Gasteiger partial charge in [0.2, 0.25) is 0 Å². The Morgan fingerprint density at radius 3 is 2.78 bits per heavy atom. The molecule has 2 atom stereocenters. The molecule has 2 fully saturated rings. The molecule has 2 aliphatic heterocycles. The number of carbonyl (C=O) groups excluding carboxylic acids is 1. The van der Waals surface area contributed by atoms with E-state index in [0.29, 0.717) is 5.92 Å². The van der Waals surface area contributed by atoms with Gasteiger partial charge in [-0.25, -0.2) is 4.79 Å². The summed E-state index contributed by atoms with van der Waals surface area (Å²) in [5, 5.41) is 6.17. The van der Waals surface area contributed by atoms with E-state index in [-0.39, 0.29) is 12.1 Å². The van der Waals surface area contributed by atoms with Crippen molar-refractivity contribution in [1.29, 1.82) is 0 Å². The number of likely N-dealkylation sites (N-methyl/N-ethyl adjacent to an activating group) is 1. The van der Waals surface area contributed by atoms with Crippen molar-refractivity contribution in [2.45, 2.75) is 25.3 Å². The van der Waals surface area contributed by atoms with E-state index in [0.717, 1.165) is 52.0 Å². The van der Waals surface area contributed by atoms with Crippen LogP contribution < -0.4 is 15.5 Å². The minimum absolute atomic E-state index is 0.0107. The predicted octanol–water partition coefficient (Wildman–Crippen LogP) is 1.91. The van der Waals surface area contributed by atoms with E-state index in [4.69, 9.17) is 0 Å². The molecule has 126 valence electrons. The Morgan fingerprint density at radius 2 is 2.00 bits per heavy atom. The fourth-order valence-corrected chi connectivity index (χ4v) is 3.63. The normalized spacial score (nSPS) is 25.3. The molecule has 2 aliphatic rings. The van der Waals surface area contributed by atoms with Gasteiger partial charge in [0.1, 0.15) is 0 Å². The van der Waals surface area contributed by atoms with Crippen LogP contribution in [0.2, 0.25) is 0 Å². The zero-order chi connectivity index (χ0) is 16.1. The second kappa shape index (κ2) is 7.68. The molecular weight excluding hydrogens is 288 g/mol. The van der Waals surface area contributed by atoms with Crippen molar-refractivity contribution in [3.05, 3.63) is 30.3 Å². The topological polar surface area (TPSA) is 47.6 Å². The van der Waals surface area contributed by atoms with E-state index in [1.165, 1.54) is 5.69 Å². The summed E-state index contributed by atoms with van der Waals surface area (Å²) in [7, 11) is 2.11. The highest BCUT2D eigenvalue weighted by atomic mass is 16.2. The fourth-order valence-electron chi connectivity index (χ4n) is 3.63. The summed E-state index contributed by atoms with van der Waals surface area (Å²) in [6.07, 6.45) is 3.39. The quantitative estimate of drug-likeness (QED) is 0.892. The number of hydrogen-bond acceptors (Lipinski definition) is 3. The molecule has 5 heteroatoms. The maximum absolute atomic E-state index is 12.1. The molecule has 5 nitrogen and oxygen atoms in total. The Labute approximate surface area is 139 Å². The molecule has 1 aromatic carbocycles. The number of amides is 2. The molecular formula is C18H28N4O. The molecule has 0 aromatic heterocycles. The minimum Gasteiger partial charge on any atom is -0.371 e. The third-order valence-electron chi connectivity index (χ3n) is 4.92. The summed E-state index contributed by atoms with van der Waals surface area (Å²) < 4.78 is 0. The number of anilines is 1. The average molecular weight is 316 g/mol. The number of benzene rings is 1. The van der Waals surface area contributed by atoms with Crippen molar-refractivity contribution < 1.29 is 4.79 Å². The number of piperidine rings is 1. The van der Waals surface area contributed by atoms with E-state index < -0.39 is 0 Å². The lowest BCUT2D eigenvalue weighted by molar-refractivity contribution is 0.208. The number of rotatable bonds is 4. The maximum atomic E-state index is 12.1. The molecule has 1 aromatic rings. The highest BCUT2D eigenvalue weighted by Gasteiger charge is 2.24. The summed E-state index contributed by atoms with van der Waals surface area (Å²) in [4.78, 5) is 16.8. The van der Waals surface area contributed by atoms with Gasteiger partial charge in [0.25, 0.3) is 0 Å². The smallest absolute Gasteiger partial charge is 0.315 e. The van der Waals surface area contributed by atoms with Crippen LogP contribution in [0.1, 0.15) is 19.3 Å². The Balaban J connectivity index is 1.38. The third kappa shape index (κ3) is 4.61. The van der Waals surface area contributed by atoms with Crippen LogP contribution in [0.3, 0.4) is 0 Å². The number of hydrogen-bond donors (Lipinski definition) is 2. The number of para-hydroxylation sites is 1. The summed E-state index contributed by atoms with van der Waals surface area (Å²) in [6.45, 7) is 4.95. The van der Waals surface area contributed by atoms with Gasteiger partial charge in [-0.1, -0.05) is 18.2 Å². The lowest BCUT2D eigenvalue weighted by Crippen LogP contribution is -2.50. The molecule has 3 rings (SSSR count). The first kappa shape index (κ1) is 16.1. The summed E-state index contributed by atoms with van der Waals surface area (Å²) in [5.41, 5.74) is 1.28. The van der Waals surface area contributed by atoms with E-state index >= 15 is 0 Å². The van der Waals surface area contributed by atoms with Crippen molar-refractivity contribution in [2.75, 3.05) is 44.7 Å². The number of nitrogens with one attached hydrogen (secondary N) is 2. The van der Waals surface area contributed by atoms with Crippen LogP contribution in [0, 0.1) is 5.92 Å². The van der Waals surface area contributed by atoms with Gasteiger partial charge in [-0.3, -0.25) is 0 Å². The molecule has 2 saturated heterocycles. The lowest BCUT2D eigenvalue weighted by atomic mass is 10.1. The molecule has 0 saturated carbocycles. The Bertz CT molecular complexity index is 507. The van der Waals surface area contributed by atoms with Crippen molar-refractivity contribution in [1.82, 2.24) is 15.5 Å². The van der Waals surface area contributed by atoms with Gasteiger partial charge in [0, 0.05) is 37.9 Å². The van der Waals surface area contributed by atoms with Crippen LogP contribution in [0.15, 0.2) is 30.3 Å². The van der Waals surface area contributed by atoms with Crippen LogP contribution >= 0.6 is 0 Å². The van der Waals surface area contributed by atoms with Crippen molar-refractivity contribution >= 4 is 11.7 Å². The SMILES string of the molecule is CN1CCC[C@@H](NC(=O)NC[C@@H]2CCN(c3ccccc3)C2)C1. The minimum atomic E-state index is -0.0107. The van der Waals surface area contributed by atoms with Gasteiger partial charge < -0.3 is 20.4 Å². The first-order valence-corrected chi connectivity index (χ1v) is 8.73. The zero-order valence-corrected chi connectivity index (χ0v) is 14.0. The Morgan fingerprint density at radius 1 is 1.17 bits per heavy atom.